The number of fused-ring (bicyclic) bond motifs is 1. The Bertz CT molecular complexity index is 625. The van der Waals surface area contributed by atoms with Crippen LogP contribution >= 0.6 is 11.3 Å². The number of ether oxygens (including phenoxy) is 2. The predicted octanol–water partition coefficient (Wildman–Crippen LogP) is 2.45. The van der Waals surface area contributed by atoms with Gasteiger partial charge in [-0.15, -0.1) is 11.3 Å². The molecule has 2 unspecified atom stereocenters. The molecule has 0 saturated carbocycles. The normalized spacial score (nSPS) is 22.2. The number of thiazole rings is 1. The molecule has 1 aromatic heterocycles. The number of hydrogen-bond donors (Lipinski definition) is 0. The summed E-state index contributed by atoms with van der Waals surface area (Å²) in [6.45, 7) is 5.66. The summed E-state index contributed by atoms with van der Waals surface area (Å²) in [6, 6.07) is 8.09. The molecule has 3 rings (SSSR count). The Hall–Kier alpha value is -1.50. The maximum Gasteiger partial charge on any atom is 0.248 e. The largest absolute Gasteiger partial charge is 0.375 e. The van der Waals surface area contributed by atoms with Gasteiger partial charge in [-0.25, -0.2) is 4.98 Å². The summed E-state index contributed by atoms with van der Waals surface area (Å²) in [7, 11) is 0. The molecule has 1 aromatic carbocycles. The molecular weight excluding hydrogens is 300 g/mol. The van der Waals surface area contributed by atoms with E-state index in [1.54, 1.807) is 11.3 Å². The summed E-state index contributed by atoms with van der Waals surface area (Å²) < 4.78 is 12.2. The van der Waals surface area contributed by atoms with Crippen LogP contribution in [0.5, 0.6) is 0 Å². The highest BCUT2D eigenvalue weighted by Crippen LogP contribution is 2.22. The second-order valence-corrected chi connectivity index (χ2v) is 6.72. The van der Waals surface area contributed by atoms with Crippen molar-refractivity contribution in [3.63, 3.8) is 0 Å². The molecule has 22 heavy (non-hydrogen) atoms. The van der Waals surface area contributed by atoms with Crippen molar-refractivity contribution in [3.8, 4) is 0 Å². The van der Waals surface area contributed by atoms with Gasteiger partial charge in [-0.2, -0.15) is 0 Å². The molecule has 1 fully saturated rings. The zero-order valence-corrected chi connectivity index (χ0v) is 13.6. The number of carbonyl (C=O) groups excluding carboxylic acids is 1. The van der Waals surface area contributed by atoms with Crippen molar-refractivity contribution in [1.29, 1.82) is 0 Å². The van der Waals surface area contributed by atoms with Crippen molar-refractivity contribution in [2.45, 2.75) is 32.6 Å². The molecule has 1 saturated heterocycles. The number of morpholine rings is 1. The molecule has 0 spiro atoms. The summed E-state index contributed by atoms with van der Waals surface area (Å²) >= 11 is 1.60. The van der Waals surface area contributed by atoms with Crippen molar-refractivity contribution in [1.82, 2.24) is 9.88 Å². The Balaban J connectivity index is 1.52. The van der Waals surface area contributed by atoms with E-state index in [1.165, 1.54) is 0 Å². The van der Waals surface area contributed by atoms with Gasteiger partial charge in [0.2, 0.25) is 5.91 Å². The molecule has 0 bridgehead atoms. The molecule has 6 heteroatoms. The highest BCUT2D eigenvalue weighted by molar-refractivity contribution is 7.18. The Kier molecular flexibility index (Phi) is 4.71. The van der Waals surface area contributed by atoms with E-state index >= 15 is 0 Å². The standard InChI is InChI=1S/C16H20N2O3S/c1-11-8-21-12(2)7-18(11)16(19)10-20-9-15-17-13-5-3-4-6-14(13)22-15/h3-6,11-12H,7-10H2,1-2H3. The topological polar surface area (TPSA) is 51.7 Å². The van der Waals surface area contributed by atoms with Crippen molar-refractivity contribution < 1.29 is 14.3 Å². The summed E-state index contributed by atoms with van der Waals surface area (Å²) in [5.41, 5.74) is 0.980. The number of amides is 1. The monoisotopic (exact) mass is 320 g/mol. The van der Waals surface area contributed by atoms with E-state index in [4.69, 9.17) is 9.47 Å². The molecule has 1 amide bonds. The van der Waals surface area contributed by atoms with Crippen LogP contribution in [0.2, 0.25) is 0 Å². The number of benzene rings is 1. The first-order chi connectivity index (χ1) is 10.6. The van der Waals surface area contributed by atoms with E-state index in [1.807, 2.05) is 43.0 Å². The minimum absolute atomic E-state index is 0.0174. The summed E-state index contributed by atoms with van der Waals surface area (Å²) in [6.07, 6.45) is 0.0874. The van der Waals surface area contributed by atoms with E-state index in [0.717, 1.165) is 15.2 Å². The van der Waals surface area contributed by atoms with Crippen molar-refractivity contribution in [2.75, 3.05) is 19.8 Å². The first kappa shape index (κ1) is 15.4. The van der Waals surface area contributed by atoms with Gasteiger partial charge in [0.15, 0.2) is 0 Å². The molecule has 2 aromatic rings. The molecule has 0 aliphatic carbocycles. The van der Waals surface area contributed by atoms with Gasteiger partial charge < -0.3 is 14.4 Å². The number of aromatic nitrogens is 1. The SMILES string of the molecule is CC1CN(C(=O)COCc2nc3ccccc3s2)C(C)CO1. The van der Waals surface area contributed by atoms with Gasteiger partial charge in [0, 0.05) is 6.54 Å². The average molecular weight is 320 g/mol. The van der Waals surface area contributed by atoms with E-state index in [9.17, 15) is 4.79 Å². The van der Waals surface area contributed by atoms with Crippen LogP contribution in [0, 0.1) is 0 Å². The molecule has 5 nitrogen and oxygen atoms in total. The van der Waals surface area contributed by atoms with Crippen LogP contribution in [0.15, 0.2) is 24.3 Å². The lowest BCUT2D eigenvalue weighted by atomic mass is 10.2. The lowest BCUT2D eigenvalue weighted by Gasteiger charge is -2.36. The smallest absolute Gasteiger partial charge is 0.248 e. The minimum Gasteiger partial charge on any atom is -0.375 e. The Morgan fingerprint density at radius 1 is 1.45 bits per heavy atom. The predicted molar refractivity (Wildman–Crippen MR) is 85.9 cm³/mol. The summed E-state index contributed by atoms with van der Waals surface area (Å²) in [5, 5.41) is 0.900. The first-order valence-electron chi connectivity index (χ1n) is 7.47. The number of carbonyl (C=O) groups is 1. The van der Waals surface area contributed by atoms with Crippen molar-refractivity contribution in [2.24, 2.45) is 0 Å². The molecule has 2 heterocycles. The minimum atomic E-state index is 0.0174. The van der Waals surface area contributed by atoms with E-state index in [2.05, 4.69) is 4.98 Å². The van der Waals surface area contributed by atoms with Crippen LogP contribution < -0.4 is 0 Å². The average Bonchev–Trinajstić information content (AvgIpc) is 2.92. The third kappa shape index (κ3) is 3.45. The van der Waals surface area contributed by atoms with Crippen molar-refractivity contribution >= 4 is 27.5 Å². The van der Waals surface area contributed by atoms with Gasteiger partial charge in [-0.1, -0.05) is 12.1 Å². The molecule has 0 radical (unpaired) electrons. The van der Waals surface area contributed by atoms with E-state index < -0.39 is 0 Å². The second-order valence-electron chi connectivity index (χ2n) is 5.61. The van der Waals surface area contributed by atoms with Gasteiger partial charge in [0.25, 0.3) is 0 Å². The van der Waals surface area contributed by atoms with Crippen LogP contribution in [0.3, 0.4) is 0 Å². The summed E-state index contributed by atoms with van der Waals surface area (Å²) in [5.74, 6) is 0.0174. The third-order valence-electron chi connectivity index (χ3n) is 3.72. The quantitative estimate of drug-likeness (QED) is 0.868. The lowest BCUT2D eigenvalue weighted by molar-refractivity contribution is -0.148. The van der Waals surface area contributed by atoms with Crippen LogP contribution in [-0.4, -0.2) is 47.7 Å². The van der Waals surface area contributed by atoms with E-state index in [0.29, 0.717) is 19.8 Å². The maximum atomic E-state index is 12.2. The van der Waals surface area contributed by atoms with Crippen LogP contribution in [0.4, 0.5) is 0 Å². The molecule has 0 N–H and O–H groups in total. The number of rotatable bonds is 4. The zero-order valence-electron chi connectivity index (χ0n) is 12.8. The second kappa shape index (κ2) is 6.73. The molecular formula is C16H20N2O3S. The van der Waals surface area contributed by atoms with Crippen LogP contribution in [0.25, 0.3) is 10.2 Å². The maximum absolute atomic E-state index is 12.2. The van der Waals surface area contributed by atoms with Crippen LogP contribution in [-0.2, 0) is 20.9 Å². The molecule has 1 aliphatic rings. The van der Waals surface area contributed by atoms with E-state index in [-0.39, 0.29) is 24.7 Å². The Labute approximate surface area is 133 Å². The highest BCUT2D eigenvalue weighted by Gasteiger charge is 2.27. The van der Waals surface area contributed by atoms with Gasteiger partial charge in [0.05, 0.1) is 35.6 Å². The first-order valence-corrected chi connectivity index (χ1v) is 8.28. The molecule has 118 valence electrons. The summed E-state index contributed by atoms with van der Waals surface area (Å²) in [4.78, 5) is 18.6. The fourth-order valence-electron chi connectivity index (χ4n) is 2.54. The zero-order chi connectivity index (χ0) is 15.5. The van der Waals surface area contributed by atoms with Crippen molar-refractivity contribution in [3.05, 3.63) is 29.3 Å². The number of para-hydroxylation sites is 1. The van der Waals surface area contributed by atoms with Gasteiger partial charge >= 0.3 is 0 Å². The fraction of sp³-hybridized carbons (Fsp3) is 0.500. The number of nitrogens with zero attached hydrogens (tertiary/aromatic N) is 2. The Morgan fingerprint density at radius 3 is 3.09 bits per heavy atom. The van der Waals surface area contributed by atoms with Gasteiger partial charge in [-0.05, 0) is 26.0 Å². The van der Waals surface area contributed by atoms with Gasteiger partial charge in [-0.3, -0.25) is 4.79 Å². The third-order valence-corrected chi connectivity index (χ3v) is 4.73. The molecule has 1 aliphatic heterocycles. The van der Waals surface area contributed by atoms with Gasteiger partial charge in [0.1, 0.15) is 11.6 Å². The number of hydrogen-bond acceptors (Lipinski definition) is 5. The lowest BCUT2D eigenvalue weighted by Crippen LogP contribution is -2.51. The van der Waals surface area contributed by atoms with Crippen LogP contribution in [0.1, 0.15) is 18.9 Å². The highest BCUT2D eigenvalue weighted by atomic mass is 32.1. The molecule has 2 atom stereocenters. The fourth-order valence-corrected chi connectivity index (χ4v) is 3.45. The Morgan fingerprint density at radius 2 is 2.27 bits per heavy atom.